The Morgan fingerprint density at radius 1 is 1.20 bits per heavy atom. The molecule has 2 nitrogen and oxygen atoms in total. The number of nitrogens with zero attached hydrogens (tertiary/aromatic N) is 1. The molecule has 0 spiro atoms. The monoisotopic (exact) mass is 283 g/mol. The van der Waals surface area contributed by atoms with E-state index in [4.69, 9.17) is 0 Å². The molecule has 20 heavy (non-hydrogen) atoms. The summed E-state index contributed by atoms with van der Waals surface area (Å²) in [6.07, 6.45) is -1.46. The van der Waals surface area contributed by atoms with E-state index in [2.05, 4.69) is 0 Å². The molecule has 2 rings (SSSR count). The molecule has 1 aliphatic rings. The molecule has 0 unspecified atom stereocenters. The first kappa shape index (κ1) is 14.6. The van der Waals surface area contributed by atoms with E-state index in [-0.39, 0.29) is 11.7 Å². The van der Waals surface area contributed by atoms with Crippen molar-refractivity contribution in [3.05, 3.63) is 47.2 Å². The van der Waals surface area contributed by atoms with Crippen molar-refractivity contribution in [3.63, 3.8) is 0 Å². The smallest absolute Gasteiger partial charge is 0.383 e. The van der Waals surface area contributed by atoms with Crippen LogP contribution in [0.2, 0.25) is 0 Å². The number of allylic oxidation sites excluding steroid dienone is 1. The van der Waals surface area contributed by atoms with Crippen molar-refractivity contribution in [2.45, 2.75) is 24.9 Å². The molecule has 1 aliphatic carbocycles. The van der Waals surface area contributed by atoms with Crippen LogP contribution in [0.15, 0.2) is 36.0 Å². The van der Waals surface area contributed by atoms with Gasteiger partial charge in [0.15, 0.2) is 5.78 Å². The number of hydrogen-bond donors (Lipinski definition) is 0. The number of hydrogen-bond acceptors (Lipinski definition) is 2. The zero-order chi connectivity index (χ0) is 14.9. The third kappa shape index (κ3) is 3.03. The molecule has 108 valence electrons. The lowest BCUT2D eigenvalue weighted by molar-refractivity contribution is -0.137. The highest BCUT2D eigenvalue weighted by Crippen LogP contribution is 2.38. The van der Waals surface area contributed by atoms with Gasteiger partial charge in [-0.1, -0.05) is 12.1 Å². The van der Waals surface area contributed by atoms with E-state index in [0.717, 1.165) is 17.7 Å². The van der Waals surface area contributed by atoms with Crippen LogP contribution >= 0.6 is 0 Å². The van der Waals surface area contributed by atoms with E-state index >= 15 is 0 Å². The highest BCUT2D eigenvalue weighted by molar-refractivity contribution is 5.99. The molecule has 1 aromatic carbocycles. The molecule has 0 aromatic heterocycles. The summed E-state index contributed by atoms with van der Waals surface area (Å²) in [5.41, 5.74) is 0.774. The summed E-state index contributed by atoms with van der Waals surface area (Å²) in [5.74, 6) is -0.0317. The van der Waals surface area contributed by atoms with Crippen molar-refractivity contribution in [1.82, 2.24) is 4.90 Å². The van der Waals surface area contributed by atoms with E-state index in [1.807, 2.05) is 14.1 Å². The Hall–Kier alpha value is -1.78. The van der Waals surface area contributed by atoms with Crippen LogP contribution in [0.3, 0.4) is 0 Å². The minimum Gasteiger partial charge on any atom is -0.383 e. The molecule has 5 heteroatoms. The van der Waals surface area contributed by atoms with Crippen LogP contribution < -0.4 is 0 Å². The van der Waals surface area contributed by atoms with Gasteiger partial charge in [0.05, 0.1) is 5.56 Å². The maximum atomic E-state index is 12.5. The average Bonchev–Trinajstić information content (AvgIpc) is 2.70. The zero-order valence-electron chi connectivity index (χ0n) is 11.4. The van der Waals surface area contributed by atoms with Crippen molar-refractivity contribution < 1.29 is 18.0 Å². The molecule has 1 aromatic rings. The maximum absolute atomic E-state index is 12.5. The lowest BCUT2D eigenvalue weighted by Crippen LogP contribution is -2.09. The van der Waals surface area contributed by atoms with Gasteiger partial charge in [0.2, 0.25) is 0 Å². The fourth-order valence-corrected chi connectivity index (χ4v) is 2.46. The summed E-state index contributed by atoms with van der Waals surface area (Å²) in [6, 6.07) is 5.09. The number of alkyl halides is 3. The second kappa shape index (κ2) is 5.31. The molecule has 0 aliphatic heterocycles. The molecule has 0 saturated heterocycles. The predicted octanol–water partition coefficient (Wildman–Crippen LogP) is 3.60. The van der Waals surface area contributed by atoms with E-state index < -0.39 is 11.7 Å². The molecule has 0 amide bonds. The highest BCUT2D eigenvalue weighted by atomic mass is 19.4. The number of Topliss-reactive ketones (excluding diaryl/α,β-unsaturated/α-hetero) is 1. The first-order valence-electron chi connectivity index (χ1n) is 6.37. The van der Waals surface area contributed by atoms with Crippen molar-refractivity contribution in [2.24, 2.45) is 0 Å². The Morgan fingerprint density at radius 3 is 2.30 bits per heavy atom. The molecular weight excluding hydrogens is 267 g/mol. The van der Waals surface area contributed by atoms with E-state index in [0.29, 0.717) is 18.4 Å². The molecule has 1 fully saturated rings. The number of halogens is 3. The zero-order valence-corrected chi connectivity index (χ0v) is 11.4. The minimum atomic E-state index is -4.33. The number of ketones is 1. The fourth-order valence-electron chi connectivity index (χ4n) is 2.46. The molecule has 1 saturated carbocycles. The minimum absolute atomic E-state index is 0.0728. The molecule has 0 heterocycles. The number of rotatable bonds is 2. The second-order valence-electron chi connectivity index (χ2n) is 5.18. The van der Waals surface area contributed by atoms with Gasteiger partial charge in [-0.15, -0.1) is 0 Å². The molecular formula is C15H16F3NO. The Labute approximate surface area is 115 Å². The van der Waals surface area contributed by atoms with Crippen molar-refractivity contribution in [2.75, 3.05) is 14.1 Å². The second-order valence-corrected chi connectivity index (χ2v) is 5.18. The number of carbonyl (C=O) groups excluding carboxylic acids is 1. The summed E-state index contributed by atoms with van der Waals surface area (Å²) in [4.78, 5) is 13.6. The van der Waals surface area contributed by atoms with Gasteiger partial charge in [0.1, 0.15) is 0 Å². The predicted molar refractivity (Wildman–Crippen MR) is 70.2 cm³/mol. The maximum Gasteiger partial charge on any atom is 0.416 e. The summed E-state index contributed by atoms with van der Waals surface area (Å²) in [5, 5.41) is 0. The first-order chi connectivity index (χ1) is 9.29. The molecule has 0 radical (unpaired) electrons. The van der Waals surface area contributed by atoms with E-state index in [1.165, 1.54) is 12.1 Å². The quantitative estimate of drug-likeness (QED) is 0.773. The Balaban J connectivity index is 2.29. The fraction of sp³-hybridized carbons (Fsp3) is 0.400. The Morgan fingerprint density at radius 2 is 1.80 bits per heavy atom. The van der Waals surface area contributed by atoms with Gasteiger partial charge in [-0.3, -0.25) is 4.79 Å². The van der Waals surface area contributed by atoms with E-state index in [9.17, 15) is 18.0 Å². The van der Waals surface area contributed by atoms with Crippen molar-refractivity contribution in [1.29, 1.82) is 0 Å². The summed E-state index contributed by atoms with van der Waals surface area (Å²) >= 11 is 0. The molecule has 0 N–H and O–H groups in total. The average molecular weight is 283 g/mol. The normalized spacial score (nSPS) is 21.6. The topological polar surface area (TPSA) is 20.3 Å². The number of benzene rings is 1. The molecule has 1 atom stereocenters. The standard InChI is InChI=1S/C15H16F3NO/c1-19(2)9-13-12(7-8-14(13)20)10-3-5-11(6-4-10)15(16,17)18/h3-6,9,12H,7-8H2,1-2H3/b13-9-/t12-/m1/s1. The van der Waals surface area contributed by atoms with Gasteiger partial charge in [0, 0.05) is 38.2 Å². The highest BCUT2D eigenvalue weighted by Gasteiger charge is 2.32. The largest absolute Gasteiger partial charge is 0.416 e. The summed E-state index contributed by atoms with van der Waals surface area (Å²) in [7, 11) is 3.64. The van der Waals surface area contributed by atoms with Gasteiger partial charge < -0.3 is 4.90 Å². The lowest BCUT2D eigenvalue weighted by Gasteiger charge is -2.15. The van der Waals surface area contributed by atoms with Crippen LogP contribution in [0.25, 0.3) is 0 Å². The Bertz CT molecular complexity index is 529. The number of carbonyl (C=O) groups is 1. The van der Waals surface area contributed by atoms with Crippen LogP contribution in [0.4, 0.5) is 13.2 Å². The van der Waals surface area contributed by atoms with Crippen LogP contribution in [0, 0.1) is 0 Å². The van der Waals surface area contributed by atoms with Gasteiger partial charge in [-0.25, -0.2) is 0 Å². The third-order valence-electron chi connectivity index (χ3n) is 3.40. The Kier molecular flexibility index (Phi) is 3.88. The van der Waals surface area contributed by atoms with Gasteiger partial charge in [-0.2, -0.15) is 13.2 Å². The van der Waals surface area contributed by atoms with E-state index in [1.54, 1.807) is 11.1 Å². The summed E-state index contributed by atoms with van der Waals surface area (Å²) < 4.78 is 37.6. The first-order valence-corrected chi connectivity index (χ1v) is 6.37. The lowest BCUT2D eigenvalue weighted by atomic mass is 9.93. The van der Waals surface area contributed by atoms with Crippen LogP contribution in [0.1, 0.15) is 29.9 Å². The van der Waals surface area contributed by atoms with Crippen LogP contribution in [-0.4, -0.2) is 24.8 Å². The van der Waals surface area contributed by atoms with Crippen LogP contribution in [-0.2, 0) is 11.0 Å². The summed E-state index contributed by atoms with van der Waals surface area (Å²) in [6.45, 7) is 0. The van der Waals surface area contributed by atoms with Gasteiger partial charge in [-0.05, 0) is 24.1 Å². The molecule has 0 bridgehead atoms. The van der Waals surface area contributed by atoms with Gasteiger partial charge in [0.25, 0.3) is 0 Å². The van der Waals surface area contributed by atoms with Crippen molar-refractivity contribution in [3.8, 4) is 0 Å². The third-order valence-corrected chi connectivity index (χ3v) is 3.40. The SMILES string of the molecule is CN(C)/C=C1\C(=O)CC[C@@H]1c1ccc(C(F)(F)F)cc1. The van der Waals surface area contributed by atoms with Crippen molar-refractivity contribution >= 4 is 5.78 Å². The van der Waals surface area contributed by atoms with Crippen LogP contribution in [0.5, 0.6) is 0 Å². The van der Waals surface area contributed by atoms with Gasteiger partial charge >= 0.3 is 6.18 Å².